The van der Waals surface area contributed by atoms with E-state index in [9.17, 15) is 0 Å². The largest absolute Gasteiger partial charge is 0.394 e. The highest BCUT2D eigenvalue weighted by atomic mass is 16.3. The molecule has 1 saturated carbocycles. The van der Waals surface area contributed by atoms with Crippen molar-refractivity contribution in [3.05, 3.63) is 18.6 Å². The minimum absolute atomic E-state index is 0.101. The van der Waals surface area contributed by atoms with E-state index in [2.05, 4.69) is 15.3 Å². The summed E-state index contributed by atoms with van der Waals surface area (Å²) >= 11 is 0. The van der Waals surface area contributed by atoms with Gasteiger partial charge in [0, 0.05) is 12.4 Å². The first-order valence-corrected chi connectivity index (χ1v) is 4.00. The zero-order valence-corrected chi connectivity index (χ0v) is 6.70. The van der Waals surface area contributed by atoms with Crippen LogP contribution in [-0.2, 0) is 0 Å². The van der Waals surface area contributed by atoms with Gasteiger partial charge in [-0.3, -0.25) is 4.98 Å². The van der Waals surface area contributed by atoms with Crippen molar-refractivity contribution in [3.8, 4) is 0 Å². The van der Waals surface area contributed by atoms with Crippen LogP contribution in [0.15, 0.2) is 18.6 Å². The van der Waals surface area contributed by atoms with Crippen LogP contribution in [0.1, 0.15) is 12.8 Å². The summed E-state index contributed by atoms with van der Waals surface area (Å²) in [7, 11) is 0. The second-order valence-electron chi connectivity index (χ2n) is 3.15. The highest BCUT2D eigenvalue weighted by Gasteiger charge is 2.42. The summed E-state index contributed by atoms with van der Waals surface area (Å²) in [6.07, 6.45) is 6.95. The molecule has 0 unspecified atom stereocenters. The smallest absolute Gasteiger partial charge is 0.144 e. The monoisotopic (exact) mass is 165 g/mol. The minimum atomic E-state index is -0.101. The second-order valence-corrected chi connectivity index (χ2v) is 3.15. The van der Waals surface area contributed by atoms with Gasteiger partial charge in [-0.2, -0.15) is 0 Å². The molecular formula is C8H11N3O. The van der Waals surface area contributed by atoms with E-state index in [1.54, 1.807) is 18.6 Å². The summed E-state index contributed by atoms with van der Waals surface area (Å²) in [4.78, 5) is 7.99. The topological polar surface area (TPSA) is 58.0 Å². The molecule has 1 heterocycles. The fourth-order valence-corrected chi connectivity index (χ4v) is 1.11. The van der Waals surface area contributed by atoms with Crippen LogP contribution in [0.2, 0.25) is 0 Å². The van der Waals surface area contributed by atoms with E-state index in [4.69, 9.17) is 5.11 Å². The Bertz CT molecular complexity index is 258. The Morgan fingerprint density at radius 3 is 2.83 bits per heavy atom. The lowest BCUT2D eigenvalue weighted by atomic mass is 10.3. The Hall–Kier alpha value is -1.16. The molecule has 4 nitrogen and oxygen atoms in total. The van der Waals surface area contributed by atoms with Gasteiger partial charge in [-0.15, -0.1) is 0 Å². The third-order valence-corrected chi connectivity index (χ3v) is 2.11. The maximum absolute atomic E-state index is 9.01. The van der Waals surface area contributed by atoms with Crippen LogP contribution in [-0.4, -0.2) is 27.2 Å². The normalized spacial score (nSPS) is 18.8. The highest BCUT2D eigenvalue weighted by Crippen LogP contribution is 2.37. The maximum atomic E-state index is 9.01. The molecule has 0 aliphatic heterocycles. The molecule has 12 heavy (non-hydrogen) atoms. The Kier molecular flexibility index (Phi) is 1.69. The van der Waals surface area contributed by atoms with Gasteiger partial charge in [-0.1, -0.05) is 0 Å². The fourth-order valence-electron chi connectivity index (χ4n) is 1.11. The van der Waals surface area contributed by atoms with E-state index in [0.717, 1.165) is 18.7 Å². The molecule has 2 rings (SSSR count). The van der Waals surface area contributed by atoms with Crippen molar-refractivity contribution in [1.82, 2.24) is 9.97 Å². The lowest BCUT2D eigenvalue weighted by Crippen LogP contribution is -2.26. The molecule has 64 valence electrons. The number of hydrogen-bond acceptors (Lipinski definition) is 4. The number of aliphatic hydroxyl groups excluding tert-OH is 1. The molecular weight excluding hydrogens is 154 g/mol. The number of nitrogens with zero attached hydrogens (tertiary/aromatic N) is 2. The quantitative estimate of drug-likeness (QED) is 0.681. The first kappa shape index (κ1) is 7.49. The van der Waals surface area contributed by atoms with Crippen molar-refractivity contribution in [2.24, 2.45) is 0 Å². The van der Waals surface area contributed by atoms with Crippen LogP contribution in [0.3, 0.4) is 0 Å². The van der Waals surface area contributed by atoms with E-state index >= 15 is 0 Å². The van der Waals surface area contributed by atoms with Crippen molar-refractivity contribution in [3.63, 3.8) is 0 Å². The number of aliphatic hydroxyl groups is 1. The predicted molar refractivity (Wildman–Crippen MR) is 44.7 cm³/mol. The van der Waals surface area contributed by atoms with E-state index in [1.165, 1.54) is 0 Å². The molecule has 1 aliphatic carbocycles. The van der Waals surface area contributed by atoms with Crippen LogP contribution in [0.25, 0.3) is 0 Å². The van der Waals surface area contributed by atoms with Gasteiger partial charge in [0.15, 0.2) is 0 Å². The van der Waals surface area contributed by atoms with Crippen LogP contribution in [0.4, 0.5) is 5.82 Å². The molecule has 0 aromatic carbocycles. The molecule has 2 N–H and O–H groups in total. The molecule has 1 aliphatic rings. The van der Waals surface area contributed by atoms with Crippen molar-refractivity contribution in [1.29, 1.82) is 0 Å². The first-order chi connectivity index (χ1) is 5.85. The van der Waals surface area contributed by atoms with Crippen LogP contribution in [0, 0.1) is 0 Å². The van der Waals surface area contributed by atoms with E-state index in [1.807, 2.05) is 0 Å². The van der Waals surface area contributed by atoms with Gasteiger partial charge in [0.25, 0.3) is 0 Å². The number of hydrogen-bond donors (Lipinski definition) is 2. The van der Waals surface area contributed by atoms with E-state index in [0.29, 0.717) is 0 Å². The van der Waals surface area contributed by atoms with E-state index < -0.39 is 0 Å². The Morgan fingerprint density at radius 1 is 1.50 bits per heavy atom. The summed E-state index contributed by atoms with van der Waals surface area (Å²) in [6, 6.07) is 0. The average Bonchev–Trinajstić information content (AvgIpc) is 2.88. The molecule has 0 radical (unpaired) electrons. The third kappa shape index (κ3) is 1.38. The summed E-state index contributed by atoms with van der Waals surface area (Å²) < 4.78 is 0. The fraction of sp³-hybridized carbons (Fsp3) is 0.500. The summed E-state index contributed by atoms with van der Waals surface area (Å²) in [5, 5.41) is 12.2. The van der Waals surface area contributed by atoms with Crippen molar-refractivity contribution in [2.75, 3.05) is 11.9 Å². The Morgan fingerprint density at radius 2 is 2.33 bits per heavy atom. The zero-order chi connectivity index (χ0) is 8.44. The Labute approximate surface area is 70.7 Å². The number of nitrogens with one attached hydrogen (secondary N) is 1. The minimum Gasteiger partial charge on any atom is -0.394 e. The van der Waals surface area contributed by atoms with Crippen molar-refractivity contribution < 1.29 is 5.11 Å². The molecule has 0 saturated heterocycles. The molecule has 1 aromatic heterocycles. The summed E-state index contributed by atoms with van der Waals surface area (Å²) in [6.45, 7) is 0.170. The van der Waals surface area contributed by atoms with Crippen molar-refractivity contribution >= 4 is 5.82 Å². The second kappa shape index (κ2) is 2.71. The van der Waals surface area contributed by atoms with Crippen molar-refractivity contribution in [2.45, 2.75) is 18.4 Å². The van der Waals surface area contributed by atoms with Crippen LogP contribution in [0.5, 0.6) is 0 Å². The lowest BCUT2D eigenvalue weighted by molar-refractivity contribution is 0.266. The third-order valence-electron chi connectivity index (χ3n) is 2.11. The molecule has 0 bridgehead atoms. The van der Waals surface area contributed by atoms with Gasteiger partial charge < -0.3 is 10.4 Å². The van der Waals surface area contributed by atoms with Gasteiger partial charge in [0.2, 0.25) is 0 Å². The SMILES string of the molecule is OCC1(Nc2cnccn2)CC1. The maximum Gasteiger partial charge on any atom is 0.144 e. The highest BCUT2D eigenvalue weighted by molar-refractivity contribution is 5.37. The van der Waals surface area contributed by atoms with Gasteiger partial charge >= 0.3 is 0 Å². The molecule has 0 atom stereocenters. The van der Waals surface area contributed by atoms with Crippen LogP contribution >= 0.6 is 0 Å². The average molecular weight is 165 g/mol. The van der Waals surface area contributed by atoms with Gasteiger partial charge in [0.05, 0.1) is 18.3 Å². The lowest BCUT2D eigenvalue weighted by Gasteiger charge is -2.13. The predicted octanol–water partition coefficient (Wildman–Crippen LogP) is 0.413. The van der Waals surface area contributed by atoms with Gasteiger partial charge in [-0.25, -0.2) is 4.98 Å². The van der Waals surface area contributed by atoms with Gasteiger partial charge in [0.1, 0.15) is 5.82 Å². The number of rotatable bonds is 3. The molecule has 0 spiro atoms. The van der Waals surface area contributed by atoms with Gasteiger partial charge in [-0.05, 0) is 12.8 Å². The molecule has 1 aromatic rings. The molecule has 4 heteroatoms. The zero-order valence-electron chi connectivity index (χ0n) is 6.70. The Balaban J connectivity index is 2.04. The standard InChI is InChI=1S/C8H11N3O/c12-6-8(1-2-8)11-7-5-9-3-4-10-7/h3-5,12H,1-2,6H2,(H,10,11). The number of aromatic nitrogens is 2. The summed E-state index contributed by atoms with van der Waals surface area (Å²) in [5.74, 6) is 0.740. The molecule has 0 amide bonds. The molecule has 1 fully saturated rings. The van der Waals surface area contributed by atoms with E-state index in [-0.39, 0.29) is 12.1 Å². The first-order valence-electron chi connectivity index (χ1n) is 4.00. The summed E-state index contributed by atoms with van der Waals surface area (Å²) in [5.41, 5.74) is -0.101. The number of anilines is 1. The van der Waals surface area contributed by atoms with Crippen LogP contribution < -0.4 is 5.32 Å².